The van der Waals surface area contributed by atoms with Crippen molar-refractivity contribution in [1.29, 1.82) is 0 Å². The minimum Gasteiger partial charge on any atom is -0.339 e. The summed E-state index contributed by atoms with van der Waals surface area (Å²) in [5.41, 5.74) is 1.13. The van der Waals surface area contributed by atoms with Crippen molar-refractivity contribution >= 4 is 27.5 Å². The van der Waals surface area contributed by atoms with E-state index in [4.69, 9.17) is 16.1 Å². The number of hydrogen-bond donors (Lipinski definition) is 1. The van der Waals surface area contributed by atoms with Crippen LogP contribution in [0.4, 0.5) is 0 Å². The molecule has 0 radical (unpaired) electrons. The zero-order valence-electron chi connectivity index (χ0n) is 9.91. The molecular weight excluding hydrogens is 318 g/mol. The van der Waals surface area contributed by atoms with Gasteiger partial charge >= 0.3 is 0 Å². The van der Waals surface area contributed by atoms with E-state index in [0.717, 1.165) is 34.6 Å². The molecule has 0 fully saturated rings. The Kier molecular flexibility index (Phi) is 4.74. The Balaban J connectivity index is 1.80. The van der Waals surface area contributed by atoms with E-state index >= 15 is 0 Å². The molecule has 0 aliphatic heterocycles. The maximum absolute atomic E-state index is 5.95. The third-order valence-corrected chi connectivity index (χ3v) is 3.42. The first-order chi connectivity index (χ1) is 8.65. The van der Waals surface area contributed by atoms with Gasteiger partial charge in [-0.25, -0.2) is 0 Å². The molecule has 0 aliphatic rings. The van der Waals surface area contributed by atoms with Gasteiger partial charge in [0.2, 0.25) is 5.89 Å². The Hall–Kier alpha value is -0.910. The standard InChI is InChI=1S/C12H13BrClN3O/c1-8-16-12(18-17-8)4-5-15-7-9-6-10(14)2-3-11(9)13/h2-3,6,15H,4-5,7H2,1H3. The van der Waals surface area contributed by atoms with Gasteiger partial charge in [-0.15, -0.1) is 0 Å². The van der Waals surface area contributed by atoms with Crippen molar-refractivity contribution in [3.8, 4) is 0 Å². The predicted octanol–water partition coefficient (Wildman–Crippen LogP) is 3.13. The second kappa shape index (κ2) is 6.31. The van der Waals surface area contributed by atoms with Crippen LogP contribution in [0.3, 0.4) is 0 Å². The smallest absolute Gasteiger partial charge is 0.227 e. The summed E-state index contributed by atoms with van der Waals surface area (Å²) in [6, 6.07) is 5.74. The molecular formula is C12H13BrClN3O. The van der Waals surface area contributed by atoms with Gasteiger partial charge < -0.3 is 9.84 Å². The molecule has 0 amide bonds. The summed E-state index contributed by atoms with van der Waals surface area (Å²) >= 11 is 9.44. The van der Waals surface area contributed by atoms with Gasteiger partial charge in [0.1, 0.15) is 0 Å². The molecule has 0 bridgehead atoms. The number of rotatable bonds is 5. The van der Waals surface area contributed by atoms with Crippen LogP contribution in [0, 0.1) is 6.92 Å². The fourth-order valence-electron chi connectivity index (χ4n) is 1.54. The molecule has 1 aromatic heterocycles. The van der Waals surface area contributed by atoms with Crippen LogP contribution < -0.4 is 5.32 Å². The van der Waals surface area contributed by atoms with Crippen LogP contribution in [0.2, 0.25) is 5.02 Å². The molecule has 0 spiro atoms. The van der Waals surface area contributed by atoms with Crippen LogP contribution in [-0.4, -0.2) is 16.7 Å². The molecule has 0 unspecified atom stereocenters. The van der Waals surface area contributed by atoms with Gasteiger partial charge in [0.05, 0.1) is 0 Å². The van der Waals surface area contributed by atoms with E-state index in [-0.39, 0.29) is 0 Å². The molecule has 2 rings (SSSR count). The molecule has 1 heterocycles. The summed E-state index contributed by atoms with van der Waals surface area (Å²) < 4.78 is 6.08. The summed E-state index contributed by atoms with van der Waals surface area (Å²) in [5.74, 6) is 1.33. The molecule has 0 aliphatic carbocycles. The predicted molar refractivity (Wildman–Crippen MR) is 73.6 cm³/mol. The Labute approximate surface area is 119 Å². The van der Waals surface area contributed by atoms with Crippen LogP contribution in [-0.2, 0) is 13.0 Å². The Morgan fingerprint density at radius 2 is 2.28 bits per heavy atom. The SMILES string of the molecule is Cc1noc(CCNCc2cc(Cl)ccc2Br)n1. The van der Waals surface area contributed by atoms with Crippen molar-refractivity contribution < 1.29 is 4.52 Å². The van der Waals surface area contributed by atoms with E-state index in [2.05, 4.69) is 31.4 Å². The zero-order chi connectivity index (χ0) is 13.0. The number of nitrogens with zero attached hydrogens (tertiary/aromatic N) is 2. The van der Waals surface area contributed by atoms with Gasteiger partial charge in [0, 0.05) is 29.0 Å². The summed E-state index contributed by atoms with van der Waals surface area (Å²) in [7, 11) is 0. The van der Waals surface area contributed by atoms with E-state index in [1.165, 1.54) is 0 Å². The quantitative estimate of drug-likeness (QED) is 0.856. The van der Waals surface area contributed by atoms with E-state index in [0.29, 0.717) is 11.7 Å². The maximum Gasteiger partial charge on any atom is 0.227 e. The highest BCUT2D eigenvalue weighted by Gasteiger charge is 2.03. The third kappa shape index (κ3) is 3.80. The maximum atomic E-state index is 5.95. The van der Waals surface area contributed by atoms with Crippen LogP contribution in [0.1, 0.15) is 17.3 Å². The summed E-state index contributed by atoms with van der Waals surface area (Å²) in [6.45, 7) is 3.33. The molecule has 0 saturated carbocycles. The molecule has 0 saturated heterocycles. The van der Waals surface area contributed by atoms with Gasteiger partial charge in [0.25, 0.3) is 0 Å². The Bertz CT molecular complexity index is 530. The lowest BCUT2D eigenvalue weighted by Gasteiger charge is -2.06. The van der Waals surface area contributed by atoms with Gasteiger partial charge in [-0.1, -0.05) is 32.7 Å². The highest BCUT2D eigenvalue weighted by molar-refractivity contribution is 9.10. The van der Waals surface area contributed by atoms with Crippen molar-refractivity contribution in [2.24, 2.45) is 0 Å². The van der Waals surface area contributed by atoms with Crippen LogP contribution in [0.15, 0.2) is 27.2 Å². The average Bonchev–Trinajstić information content (AvgIpc) is 2.75. The molecule has 1 N–H and O–H groups in total. The first kappa shape index (κ1) is 13.5. The zero-order valence-corrected chi connectivity index (χ0v) is 12.3. The number of benzene rings is 1. The lowest BCUT2D eigenvalue weighted by atomic mass is 10.2. The highest BCUT2D eigenvalue weighted by atomic mass is 79.9. The number of aromatic nitrogens is 2. The number of nitrogens with one attached hydrogen (secondary N) is 1. The summed E-state index contributed by atoms with van der Waals surface area (Å²) in [5, 5.41) is 7.79. The summed E-state index contributed by atoms with van der Waals surface area (Å²) in [6.07, 6.45) is 0.721. The van der Waals surface area contributed by atoms with E-state index < -0.39 is 0 Å². The fourth-order valence-corrected chi connectivity index (χ4v) is 2.12. The summed E-state index contributed by atoms with van der Waals surface area (Å²) in [4.78, 5) is 4.14. The number of hydrogen-bond acceptors (Lipinski definition) is 4. The molecule has 0 atom stereocenters. The monoisotopic (exact) mass is 329 g/mol. The second-order valence-corrected chi connectivity index (χ2v) is 5.19. The lowest BCUT2D eigenvalue weighted by molar-refractivity contribution is 0.372. The Morgan fingerprint density at radius 3 is 3.00 bits per heavy atom. The van der Waals surface area contributed by atoms with Crippen molar-refractivity contribution in [2.75, 3.05) is 6.54 Å². The normalized spacial score (nSPS) is 10.8. The number of aryl methyl sites for hydroxylation is 1. The number of halogens is 2. The molecule has 1 aromatic carbocycles. The fraction of sp³-hybridized carbons (Fsp3) is 0.333. The van der Waals surface area contributed by atoms with Crippen molar-refractivity contribution in [2.45, 2.75) is 19.9 Å². The van der Waals surface area contributed by atoms with Crippen molar-refractivity contribution in [1.82, 2.24) is 15.5 Å². The topological polar surface area (TPSA) is 51.0 Å². The van der Waals surface area contributed by atoms with E-state index in [1.54, 1.807) is 0 Å². The van der Waals surface area contributed by atoms with Crippen molar-refractivity contribution in [3.63, 3.8) is 0 Å². The van der Waals surface area contributed by atoms with Gasteiger partial charge in [-0.05, 0) is 30.7 Å². The molecule has 96 valence electrons. The van der Waals surface area contributed by atoms with Crippen LogP contribution in [0.5, 0.6) is 0 Å². The Morgan fingerprint density at radius 1 is 1.44 bits per heavy atom. The average molecular weight is 331 g/mol. The minimum atomic E-state index is 0.658. The van der Waals surface area contributed by atoms with Gasteiger partial charge in [-0.3, -0.25) is 0 Å². The van der Waals surface area contributed by atoms with Gasteiger partial charge in [0.15, 0.2) is 5.82 Å². The molecule has 4 nitrogen and oxygen atoms in total. The highest BCUT2D eigenvalue weighted by Crippen LogP contribution is 2.20. The largest absolute Gasteiger partial charge is 0.339 e. The first-order valence-electron chi connectivity index (χ1n) is 5.59. The molecule has 6 heteroatoms. The van der Waals surface area contributed by atoms with Crippen LogP contribution >= 0.6 is 27.5 Å². The minimum absolute atomic E-state index is 0.658. The molecule has 18 heavy (non-hydrogen) atoms. The van der Waals surface area contributed by atoms with Crippen LogP contribution in [0.25, 0.3) is 0 Å². The first-order valence-corrected chi connectivity index (χ1v) is 6.76. The van der Waals surface area contributed by atoms with Crippen molar-refractivity contribution in [3.05, 3.63) is 45.0 Å². The third-order valence-electron chi connectivity index (χ3n) is 2.41. The molecule has 2 aromatic rings. The lowest BCUT2D eigenvalue weighted by Crippen LogP contribution is -2.17. The van der Waals surface area contributed by atoms with Gasteiger partial charge in [-0.2, -0.15) is 4.98 Å². The van der Waals surface area contributed by atoms with E-state index in [1.807, 2.05) is 25.1 Å². The van der Waals surface area contributed by atoms with E-state index in [9.17, 15) is 0 Å². The second-order valence-electron chi connectivity index (χ2n) is 3.90.